The second-order valence-electron chi connectivity index (χ2n) is 4.15. The molecule has 1 heterocycles. The third-order valence-corrected chi connectivity index (χ3v) is 4.69. The monoisotopic (exact) mass is 220 g/mol. The first-order chi connectivity index (χ1) is 6.43. The van der Waals surface area contributed by atoms with E-state index >= 15 is 0 Å². The van der Waals surface area contributed by atoms with Gasteiger partial charge in [0.1, 0.15) is 0 Å². The Morgan fingerprint density at radius 2 is 1.93 bits per heavy atom. The molecule has 0 bridgehead atoms. The van der Waals surface area contributed by atoms with Crippen molar-refractivity contribution in [2.75, 3.05) is 18.8 Å². The first kappa shape index (κ1) is 11.9. The zero-order valence-electron chi connectivity index (χ0n) is 8.99. The maximum atomic E-state index is 11.6. The van der Waals surface area contributed by atoms with Crippen LogP contribution in [-0.2, 0) is 10.0 Å². The lowest BCUT2D eigenvalue weighted by Crippen LogP contribution is -2.68. The standard InChI is InChI=1S/C9H20N2O2S/c1-3-5-6-14(12,13)11-7-9(10,4-2)8-11/h3-8,10H2,1-2H3. The van der Waals surface area contributed by atoms with Crippen LogP contribution in [0.4, 0.5) is 0 Å². The number of unbranched alkanes of at least 4 members (excludes halogenated alkanes) is 1. The Morgan fingerprint density at radius 3 is 2.36 bits per heavy atom. The molecule has 1 aliphatic rings. The van der Waals surface area contributed by atoms with Crippen molar-refractivity contribution in [3.8, 4) is 0 Å². The molecule has 0 aromatic rings. The van der Waals surface area contributed by atoms with E-state index in [0.717, 1.165) is 19.3 Å². The molecule has 0 aromatic carbocycles. The van der Waals surface area contributed by atoms with E-state index in [1.165, 1.54) is 4.31 Å². The predicted octanol–water partition coefficient (Wildman–Crippen LogP) is 0.539. The Kier molecular flexibility index (Phi) is 3.55. The van der Waals surface area contributed by atoms with Gasteiger partial charge in [-0.1, -0.05) is 20.3 Å². The molecule has 0 saturated carbocycles. The summed E-state index contributed by atoms with van der Waals surface area (Å²) in [5, 5.41) is 0. The number of hydrogen-bond donors (Lipinski definition) is 1. The van der Waals surface area contributed by atoms with Crippen LogP contribution in [0, 0.1) is 0 Å². The average Bonchev–Trinajstić information content (AvgIpc) is 2.09. The second-order valence-corrected chi connectivity index (χ2v) is 6.24. The first-order valence-electron chi connectivity index (χ1n) is 5.20. The maximum Gasteiger partial charge on any atom is 0.214 e. The summed E-state index contributed by atoms with van der Waals surface area (Å²) < 4.78 is 24.8. The van der Waals surface area contributed by atoms with Gasteiger partial charge >= 0.3 is 0 Å². The quantitative estimate of drug-likeness (QED) is 0.735. The van der Waals surface area contributed by atoms with Crippen LogP contribution in [0.2, 0.25) is 0 Å². The molecule has 84 valence electrons. The van der Waals surface area contributed by atoms with Gasteiger partial charge in [0.15, 0.2) is 0 Å². The van der Waals surface area contributed by atoms with Crippen molar-refractivity contribution in [3.05, 3.63) is 0 Å². The molecule has 0 atom stereocenters. The summed E-state index contributed by atoms with van der Waals surface area (Å²) in [6.07, 6.45) is 2.49. The summed E-state index contributed by atoms with van der Waals surface area (Å²) in [7, 11) is -3.01. The summed E-state index contributed by atoms with van der Waals surface area (Å²) >= 11 is 0. The lowest BCUT2D eigenvalue weighted by atomic mass is 9.91. The van der Waals surface area contributed by atoms with Crippen molar-refractivity contribution in [3.63, 3.8) is 0 Å². The highest BCUT2D eigenvalue weighted by atomic mass is 32.2. The fourth-order valence-electron chi connectivity index (χ4n) is 1.53. The predicted molar refractivity (Wildman–Crippen MR) is 57.5 cm³/mol. The highest BCUT2D eigenvalue weighted by Crippen LogP contribution is 2.24. The highest BCUT2D eigenvalue weighted by molar-refractivity contribution is 7.89. The lowest BCUT2D eigenvalue weighted by molar-refractivity contribution is 0.153. The van der Waals surface area contributed by atoms with Crippen LogP contribution in [0.1, 0.15) is 33.1 Å². The molecule has 0 spiro atoms. The number of nitrogens with two attached hydrogens (primary N) is 1. The van der Waals surface area contributed by atoms with Crippen LogP contribution in [-0.4, -0.2) is 37.1 Å². The molecule has 1 rings (SSSR count). The molecule has 5 heteroatoms. The van der Waals surface area contributed by atoms with Gasteiger partial charge in [0, 0.05) is 18.6 Å². The molecule has 1 aliphatic heterocycles. The average molecular weight is 220 g/mol. The van der Waals surface area contributed by atoms with Crippen LogP contribution in [0.3, 0.4) is 0 Å². The number of rotatable bonds is 5. The topological polar surface area (TPSA) is 63.4 Å². The third-order valence-electron chi connectivity index (χ3n) is 2.84. The largest absolute Gasteiger partial charge is 0.323 e. The molecule has 0 amide bonds. The van der Waals surface area contributed by atoms with E-state index in [1.807, 2.05) is 13.8 Å². The van der Waals surface area contributed by atoms with E-state index in [-0.39, 0.29) is 11.3 Å². The van der Waals surface area contributed by atoms with Crippen molar-refractivity contribution in [2.24, 2.45) is 5.73 Å². The normalized spacial score (nSPS) is 21.9. The molecule has 1 fully saturated rings. The van der Waals surface area contributed by atoms with Crippen LogP contribution in [0.15, 0.2) is 0 Å². The van der Waals surface area contributed by atoms with Gasteiger partial charge in [-0.3, -0.25) is 0 Å². The summed E-state index contributed by atoms with van der Waals surface area (Å²) in [5.74, 6) is 0.267. The Hall–Kier alpha value is -0.130. The van der Waals surface area contributed by atoms with Gasteiger partial charge in [0.05, 0.1) is 5.75 Å². The molecule has 0 radical (unpaired) electrons. The molecular weight excluding hydrogens is 200 g/mol. The van der Waals surface area contributed by atoms with Crippen LogP contribution >= 0.6 is 0 Å². The summed E-state index contributed by atoms with van der Waals surface area (Å²) in [4.78, 5) is 0. The number of hydrogen-bond acceptors (Lipinski definition) is 3. The molecule has 4 nitrogen and oxygen atoms in total. The zero-order chi connectivity index (χ0) is 10.8. The number of sulfonamides is 1. The SMILES string of the molecule is CCCCS(=O)(=O)N1CC(N)(CC)C1. The minimum absolute atomic E-state index is 0.265. The fourth-order valence-corrected chi connectivity index (χ4v) is 3.35. The van der Waals surface area contributed by atoms with Gasteiger partial charge in [0.25, 0.3) is 0 Å². The minimum Gasteiger partial charge on any atom is -0.323 e. The molecule has 14 heavy (non-hydrogen) atoms. The summed E-state index contributed by atoms with van der Waals surface area (Å²) in [5.41, 5.74) is 5.65. The van der Waals surface area contributed by atoms with E-state index < -0.39 is 10.0 Å². The van der Waals surface area contributed by atoms with Gasteiger partial charge in [0.2, 0.25) is 10.0 Å². The van der Waals surface area contributed by atoms with Gasteiger partial charge in [-0.25, -0.2) is 8.42 Å². The second kappa shape index (κ2) is 4.16. The van der Waals surface area contributed by atoms with Crippen molar-refractivity contribution < 1.29 is 8.42 Å². The summed E-state index contributed by atoms with van der Waals surface area (Å²) in [6.45, 7) is 4.98. The van der Waals surface area contributed by atoms with Crippen molar-refractivity contribution in [1.29, 1.82) is 0 Å². The molecule has 1 saturated heterocycles. The van der Waals surface area contributed by atoms with Gasteiger partial charge in [-0.2, -0.15) is 4.31 Å². The Labute approximate surface area is 86.5 Å². The Morgan fingerprint density at radius 1 is 1.36 bits per heavy atom. The van der Waals surface area contributed by atoms with E-state index in [4.69, 9.17) is 5.73 Å². The van der Waals surface area contributed by atoms with Crippen LogP contribution < -0.4 is 5.73 Å². The maximum absolute atomic E-state index is 11.6. The molecule has 0 unspecified atom stereocenters. The van der Waals surface area contributed by atoms with E-state index in [9.17, 15) is 8.42 Å². The minimum atomic E-state index is -3.01. The summed E-state index contributed by atoms with van der Waals surface area (Å²) in [6, 6.07) is 0. The van der Waals surface area contributed by atoms with Crippen LogP contribution in [0.5, 0.6) is 0 Å². The van der Waals surface area contributed by atoms with Crippen molar-refractivity contribution in [2.45, 2.75) is 38.6 Å². The Balaban J connectivity index is 2.46. The third kappa shape index (κ3) is 2.46. The first-order valence-corrected chi connectivity index (χ1v) is 6.81. The number of nitrogens with zero attached hydrogens (tertiary/aromatic N) is 1. The smallest absolute Gasteiger partial charge is 0.214 e. The van der Waals surface area contributed by atoms with Crippen molar-refractivity contribution in [1.82, 2.24) is 4.31 Å². The van der Waals surface area contributed by atoms with Gasteiger partial charge < -0.3 is 5.73 Å². The molecule has 2 N–H and O–H groups in total. The fraction of sp³-hybridized carbons (Fsp3) is 1.00. The molecule has 0 aromatic heterocycles. The van der Waals surface area contributed by atoms with Crippen LogP contribution in [0.25, 0.3) is 0 Å². The molecule has 0 aliphatic carbocycles. The lowest BCUT2D eigenvalue weighted by Gasteiger charge is -2.46. The van der Waals surface area contributed by atoms with E-state index in [1.54, 1.807) is 0 Å². The Bertz CT molecular complexity index is 281. The highest BCUT2D eigenvalue weighted by Gasteiger charge is 2.43. The molecular formula is C9H20N2O2S. The van der Waals surface area contributed by atoms with E-state index in [0.29, 0.717) is 13.1 Å². The zero-order valence-corrected chi connectivity index (χ0v) is 9.81. The van der Waals surface area contributed by atoms with Gasteiger partial charge in [-0.05, 0) is 12.8 Å². The van der Waals surface area contributed by atoms with Gasteiger partial charge in [-0.15, -0.1) is 0 Å². The van der Waals surface area contributed by atoms with E-state index in [2.05, 4.69) is 0 Å². The van der Waals surface area contributed by atoms with Crippen molar-refractivity contribution >= 4 is 10.0 Å².